The van der Waals surface area contributed by atoms with E-state index < -0.39 is 29.5 Å². The fraction of sp³-hybridized carbons (Fsp3) is 0.238. The third kappa shape index (κ3) is 5.28. The van der Waals surface area contributed by atoms with Crippen molar-refractivity contribution < 1.29 is 27.8 Å². The van der Waals surface area contributed by atoms with Crippen LogP contribution in [0.15, 0.2) is 47.7 Å². The van der Waals surface area contributed by atoms with Crippen LogP contribution in [-0.4, -0.2) is 31.8 Å². The van der Waals surface area contributed by atoms with E-state index in [4.69, 9.17) is 33.0 Å². The van der Waals surface area contributed by atoms with E-state index >= 15 is 0 Å². The number of alkyl halides is 3. The molecule has 2 atom stereocenters. The van der Waals surface area contributed by atoms with Crippen molar-refractivity contribution in [3.63, 3.8) is 0 Å². The molecular weight excluding hydrogens is 486 g/mol. The van der Waals surface area contributed by atoms with Crippen LogP contribution in [0, 0.1) is 0 Å². The second-order valence-corrected chi connectivity index (χ2v) is 7.90. The molecule has 2 unspecified atom stereocenters. The van der Waals surface area contributed by atoms with E-state index in [0.717, 1.165) is 35.3 Å². The van der Waals surface area contributed by atoms with Gasteiger partial charge in [-0.05, 0) is 23.1 Å². The Bertz CT molecular complexity index is 1250. The first-order valence-corrected chi connectivity index (χ1v) is 10.1. The number of hydrogen-bond acceptors (Lipinski definition) is 5. The molecule has 0 spiro atoms. The summed E-state index contributed by atoms with van der Waals surface area (Å²) in [6, 6.07) is 4.90. The molecule has 0 aliphatic heterocycles. The molecule has 0 saturated heterocycles. The number of carboxylic acids is 1. The molecule has 12 heteroatoms. The van der Waals surface area contributed by atoms with Crippen LogP contribution in [-0.2, 0) is 7.05 Å². The molecule has 1 N–H and O–H groups in total. The molecule has 3 rings (SSSR count). The molecule has 0 saturated carbocycles. The number of carboxylic acid groups (broad SMARTS) is 1. The van der Waals surface area contributed by atoms with Gasteiger partial charge in [0.05, 0.1) is 23.3 Å². The van der Waals surface area contributed by atoms with Gasteiger partial charge < -0.3 is 14.4 Å². The van der Waals surface area contributed by atoms with E-state index in [1.807, 2.05) is 0 Å². The lowest BCUT2D eigenvalue weighted by Gasteiger charge is -2.28. The Morgan fingerprint density at radius 1 is 1.12 bits per heavy atom. The van der Waals surface area contributed by atoms with E-state index in [-0.39, 0.29) is 38.5 Å². The van der Waals surface area contributed by atoms with Crippen LogP contribution in [0.5, 0.6) is 11.6 Å². The van der Waals surface area contributed by atoms with Crippen molar-refractivity contribution in [2.24, 2.45) is 7.05 Å². The highest BCUT2D eigenvalue weighted by Gasteiger charge is 2.45. The predicted octanol–water partition coefficient (Wildman–Crippen LogP) is 5.42. The van der Waals surface area contributed by atoms with Crippen molar-refractivity contribution >= 4 is 29.2 Å². The minimum Gasteiger partial charge on any atom is -0.476 e. The second kappa shape index (κ2) is 9.40. The van der Waals surface area contributed by atoms with Crippen molar-refractivity contribution in [3.05, 3.63) is 80.1 Å². The summed E-state index contributed by atoms with van der Waals surface area (Å²) in [5, 5.41) is 8.57. The molecular formula is C21H16Cl2F3N3O4. The number of carbonyl (C=O) groups is 1. The molecule has 0 aliphatic carbocycles. The number of nitrogens with zero attached hydrogens (tertiary/aromatic N) is 3. The minimum atomic E-state index is -4.64. The summed E-state index contributed by atoms with van der Waals surface area (Å²) >= 11 is 12.6. The lowest BCUT2D eigenvalue weighted by atomic mass is 9.82. The zero-order valence-electron chi connectivity index (χ0n) is 17.1. The van der Waals surface area contributed by atoms with Crippen LogP contribution in [0.2, 0.25) is 10.0 Å². The zero-order chi connectivity index (χ0) is 24.5. The Morgan fingerprint density at radius 2 is 1.82 bits per heavy atom. The van der Waals surface area contributed by atoms with E-state index in [9.17, 15) is 22.8 Å². The molecule has 3 aromatic rings. The molecule has 0 aliphatic rings. The van der Waals surface area contributed by atoms with Crippen molar-refractivity contribution in [1.29, 1.82) is 0 Å². The molecule has 0 radical (unpaired) electrons. The van der Waals surface area contributed by atoms with Crippen molar-refractivity contribution in [2.45, 2.75) is 24.9 Å². The number of aryl methyl sites for hydroxylation is 1. The summed E-state index contributed by atoms with van der Waals surface area (Å²) in [7, 11) is 1.37. The Labute approximate surface area is 195 Å². The van der Waals surface area contributed by atoms with E-state index in [2.05, 4.69) is 9.97 Å². The van der Waals surface area contributed by atoms with Gasteiger partial charge in [-0.2, -0.15) is 13.2 Å². The van der Waals surface area contributed by atoms with Gasteiger partial charge in [0.2, 0.25) is 11.4 Å². The third-order valence-electron chi connectivity index (χ3n) is 4.95. The Kier molecular flexibility index (Phi) is 6.99. The largest absolute Gasteiger partial charge is 0.476 e. The average Bonchev–Trinajstić information content (AvgIpc) is 2.73. The van der Waals surface area contributed by atoms with Gasteiger partial charge in [0, 0.05) is 19.3 Å². The molecule has 0 bridgehead atoms. The number of rotatable bonds is 6. The number of aromatic carboxylic acids is 1. The van der Waals surface area contributed by atoms with Crippen molar-refractivity contribution in [3.8, 4) is 11.6 Å². The standard InChI is InChI=1S/C21H16Cl2F3N3O4/c1-10(17(21(24,25)26)11-3-6-16(30)29(2)9-11)12-4-5-14(19(23)18(12)22)33-15-8-27-13(7-28-15)20(31)32/h3-10,17H,1-2H3,(H,31,32). The predicted molar refractivity (Wildman–Crippen MR) is 114 cm³/mol. The first-order chi connectivity index (χ1) is 15.4. The first-order valence-electron chi connectivity index (χ1n) is 9.34. The van der Waals surface area contributed by atoms with E-state index in [0.29, 0.717) is 0 Å². The number of benzene rings is 1. The minimum absolute atomic E-state index is 0.000609. The number of ether oxygens (including phenoxy) is 1. The fourth-order valence-electron chi connectivity index (χ4n) is 3.31. The molecule has 0 fully saturated rings. The maximum absolute atomic E-state index is 14.0. The topological polar surface area (TPSA) is 94.3 Å². The number of hydrogen-bond donors (Lipinski definition) is 1. The highest BCUT2D eigenvalue weighted by Crippen LogP contribution is 2.48. The summed E-state index contributed by atoms with van der Waals surface area (Å²) in [5.41, 5.74) is -0.711. The lowest BCUT2D eigenvalue weighted by molar-refractivity contribution is -0.154. The summed E-state index contributed by atoms with van der Waals surface area (Å²) in [5.74, 6) is -4.47. The Balaban J connectivity index is 1.96. The molecule has 0 amide bonds. The van der Waals surface area contributed by atoms with Crippen LogP contribution in [0.3, 0.4) is 0 Å². The third-order valence-corrected chi connectivity index (χ3v) is 5.83. The first kappa shape index (κ1) is 24.5. The van der Waals surface area contributed by atoms with Gasteiger partial charge in [0.15, 0.2) is 5.69 Å². The van der Waals surface area contributed by atoms with Crippen LogP contribution < -0.4 is 10.3 Å². The van der Waals surface area contributed by atoms with Crippen LogP contribution >= 0.6 is 23.2 Å². The van der Waals surface area contributed by atoms with Crippen LogP contribution in [0.1, 0.15) is 40.4 Å². The average molecular weight is 502 g/mol. The normalized spacial score (nSPS) is 13.4. The second-order valence-electron chi connectivity index (χ2n) is 7.15. The van der Waals surface area contributed by atoms with E-state index in [1.165, 1.54) is 26.1 Å². The van der Waals surface area contributed by atoms with E-state index in [1.54, 1.807) is 0 Å². The van der Waals surface area contributed by atoms with Gasteiger partial charge in [-0.3, -0.25) is 4.79 Å². The maximum atomic E-state index is 14.0. The maximum Gasteiger partial charge on any atom is 0.396 e. The van der Waals surface area contributed by atoms with Gasteiger partial charge in [-0.25, -0.2) is 14.8 Å². The van der Waals surface area contributed by atoms with Crippen molar-refractivity contribution in [2.75, 3.05) is 0 Å². The SMILES string of the molecule is CC(c1ccc(Oc2cnc(C(=O)O)cn2)c(Cl)c1Cl)C(c1ccc(=O)n(C)c1)C(F)(F)F. The Morgan fingerprint density at radius 3 is 2.36 bits per heavy atom. The van der Waals surface area contributed by atoms with Crippen LogP contribution in [0.4, 0.5) is 13.2 Å². The number of pyridine rings is 1. The number of halogens is 5. The van der Waals surface area contributed by atoms with Gasteiger partial charge in [-0.1, -0.05) is 42.3 Å². The summed E-state index contributed by atoms with van der Waals surface area (Å²) in [4.78, 5) is 29.9. The summed E-state index contributed by atoms with van der Waals surface area (Å²) in [6.07, 6.45) is -1.46. The molecule has 7 nitrogen and oxygen atoms in total. The molecule has 2 aromatic heterocycles. The smallest absolute Gasteiger partial charge is 0.396 e. The lowest BCUT2D eigenvalue weighted by Crippen LogP contribution is -2.28. The van der Waals surface area contributed by atoms with Gasteiger partial charge in [-0.15, -0.1) is 0 Å². The molecule has 2 heterocycles. The number of aromatic nitrogens is 3. The highest BCUT2D eigenvalue weighted by atomic mass is 35.5. The van der Waals surface area contributed by atoms with Crippen LogP contribution in [0.25, 0.3) is 0 Å². The highest BCUT2D eigenvalue weighted by molar-refractivity contribution is 6.43. The summed E-state index contributed by atoms with van der Waals surface area (Å²) < 4.78 is 48.6. The summed E-state index contributed by atoms with van der Waals surface area (Å²) in [6.45, 7) is 1.36. The molecule has 33 heavy (non-hydrogen) atoms. The quantitative estimate of drug-likeness (QED) is 0.484. The monoisotopic (exact) mass is 501 g/mol. The van der Waals surface area contributed by atoms with Crippen molar-refractivity contribution in [1.82, 2.24) is 14.5 Å². The van der Waals surface area contributed by atoms with Gasteiger partial charge in [0.25, 0.3) is 0 Å². The fourth-order valence-corrected chi connectivity index (χ4v) is 3.85. The molecule has 174 valence electrons. The zero-order valence-corrected chi connectivity index (χ0v) is 18.6. The Hall–Kier alpha value is -3.11. The van der Waals surface area contributed by atoms with Gasteiger partial charge in [0.1, 0.15) is 10.8 Å². The molecule has 1 aromatic carbocycles. The van der Waals surface area contributed by atoms with Gasteiger partial charge >= 0.3 is 12.1 Å².